The van der Waals surface area contributed by atoms with Gasteiger partial charge in [0.1, 0.15) is 5.82 Å². The quantitative estimate of drug-likeness (QED) is 0.572. The second-order valence-corrected chi connectivity index (χ2v) is 9.36. The largest absolute Gasteiger partial charge is 0.394 e. The van der Waals surface area contributed by atoms with E-state index in [-0.39, 0.29) is 23.3 Å². The van der Waals surface area contributed by atoms with Gasteiger partial charge in [0.05, 0.1) is 42.2 Å². The van der Waals surface area contributed by atoms with E-state index in [1.165, 1.54) is 12.1 Å². The summed E-state index contributed by atoms with van der Waals surface area (Å²) in [5.74, 6) is -0.839. The minimum absolute atomic E-state index is 0.108. The number of hydrogen-bond acceptors (Lipinski definition) is 5. The topological polar surface area (TPSA) is 105 Å². The molecule has 0 unspecified atom stereocenters. The molecular formula is C22H27FN2O5S. The molecule has 1 heterocycles. The highest BCUT2D eigenvalue weighted by Gasteiger charge is 2.35. The fourth-order valence-electron chi connectivity index (χ4n) is 3.65. The van der Waals surface area contributed by atoms with E-state index in [4.69, 9.17) is 4.74 Å². The number of ether oxygens (including phenoxy) is 1. The molecule has 2 aromatic rings. The maximum Gasteiger partial charge on any atom is 0.241 e. The summed E-state index contributed by atoms with van der Waals surface area (Å²) < 4.78 is 46.8. The van der Waals surface area contributed by atoms with E-state index in [0.29, 0.717) is 12.8 Å². The molecule has 31 heavy (non-hydrogen) atoms. The Morgan fingerprint density at radius 3 is 2.61 bits per heavy atom. The van der Waals surface area contributed by atoms with E-state index in [1.54, 1.807) is 0 Å². The number of benzene rings is 2. The van der Waals surface area contributed by atoms with Gasteiger partial charge in [0.2, 0.25) is 15.9 Å². The minimum atomic E-state index is -3.97. The number of carbonyl (C=O) groups is 1. The standard InChI is InChI=1S/C22H27FN2O5S/c1-15(16-6-3-2-4-7-16)24-22(27)13-18-10-11-20(21(14-26)30-18)25-31(28,29)19-9-5-8-17(23)12-19/h2-9,12,15,18,20-21,25-26H,10-11,13-14H2,1H3,(H,24,27)/t15-,18+,20-,21-/m1/s1. The molecule has 0 aromatic heterocycles. The van der Waals surface area contributed by atoms with Gasteiger partial charge >= 0.3 is 0 Å². The van der Waals surface area contributed by atoms with Gasteiger partial charge in [-0.2, -0.15) is 0 Å². The van der Waals surface area contributed by atoms with Crippen molar-refractivity contribution in [2.45, 2.75) is 55.4 Å². The van der Waals surface area contributed by atoms with Crippen molar-refractivity contribution in [2.24, 2.45) is 0 Å². The number of amides is 1. The summed E-state index contributed by atoms with van der Waals surface area (Å²) in [7, 11) is -3.97. The van der Waals surface area contributed by atoms with Gasteiger partial charge in [-0.05, 0) is 43.5 Å². The Balaban J connectivity index is 1.56. The van der Waals surface area contributed by atoms with Crippen molar-refractivity contribution in [1.29, 1.82) is 0 Å². The Labute approximate surface area is 181 Å². The van der Waals surface area contributed by atoms with E-state index in [0.717, 1.165) is 17.7 Å². The highest BCUT2D eigenvalue weighted by atomic mass is 32.2. The number of nitrogens with one attached hydrogen (secondary N) is 2. The van der Waals surface area contributed by atoms with Gasteiger partial charge in [-0.1, -0.05) is 36.4 Å². The number of hydrogen-bond donors (Lipinski definition) is 3. The van der Waals surface area contributed by atoms with Crippen LogP contribution in [0.25, 0.3) is 0 Å². The summed E-state index contributed by atoms with van der Waals surface area (Å²) in [5, 5.41) is 12.6. The third kappa shape index (κ3) is 6.33. The van der Waals surface area contributed by atoms with Crippen LogP contribution in [0.5, 0.6) is 0 Å². The summed E-state index contributed by atoms with van der Waals surface area (Å²) in [6, 6.07) is 13.4. The summed E-state index contributed by atoms with van der Waals surface area (Å²) in [6.07, 6.45) is -0.306. The molecule has 0 radical (unpaired) electrons. The number of halogens is 1. The molecule has 0 aliphatic carbocycles. The number of aliphatic hydroxyl groups excluding tert-OH is 1. The SMILES string of the molecule is C[C@@H](NC(=O)C[C@@H]1CC[C@@H](NS(=O)(=O)c2cccc(F)c2)[C@@H](CO)O1)c1ccccc1. The van der Waals surface area contributed by atoms with Gasteiger partial charge in [0.15, 0.2) is 0 Å². The van der Waals surface area contributed by atoms with Crippen LogP contribution in [0.1, 0.15) is 37.8 Å². The Kier molecular flexibility index (Phi) is 7.77. The lowest BCUT2D eigenvalue weighted by molar-refractivity contribution is -0.131. The molecule has 3 N–H and O–H groups in total. The predicted molar refractivity (Wildman–Crippen MR) is 113 cm³/mol. The van der Waals surface area contributed by atoms with E-state index < -0.39 is 40.7 Å². The maximum atomic E-state index is 13.4. The maximum absolute atomic E-state index is 13.4. The lowest BCUT2D eigenvalue weighted by Gasteiger charge is -2.35. The first kappa shape index (κ1) is 23.3. The van der Waals surface area contributed by atoms with Crippen LogP contribution in [0.4, 0.5) is 4.39 Å². The Bertz CT molecular complexity index is 986. The zero-order valence-electron chi connectivity index (χ0n) is 17.2. The summed E-state index contributed by atoms with van der Waals surface area (Å²) >= 11 is 0. The molecule has 1 aliphatic rings. The number of aliphatic hydroxyl groups is 1. The van der Waals surface area contributed by atoms with Gasteiger partial charge in [-0.15, -0.1) is 0 Å². The van der Waals surface area contributed by atoms with Gasteiger partial charge in [-0.3, -0.25) is 4.79 Å². The van der Waals surface area contributed by atoms with Crippen LogP contribution in [-0.2, 0) is 19.6 Å². The van der Waals surface area contributed by atoms with Crippen LogP contribution in [0, 0.1) is 5.82 Å². The van der Waals surface area contributed by atoms with Crippen molar-refractivity contribution in [1.82, 2.24) is 10.0 Å². The minimum Gasteiger partial charge on any atom is -0.394 e. The zero-order valence-corrected chi connectivity index (χ0v) is 18.0. The van der Waals surface area contributed by atoms with Gasteiger partial charge < -0.3 is 15.2 Å². The predicted octanol–water partition coefficient (Wildman–Crippen LogP) is 2.28. The van der Waals surface area contributed by atoms with Crippen LogP contribution in [0.15, 0.2) is 59.5 Å². The highest BCUT2D eigenvalue weighted by Crippen LogP contribution is 2.24. The smallest absolute Gasteiger partial charge is 0.241 e. The molecule has 168 valence electrons. The van der Waals surface area contributed by atoms with Crippen LogP contribution in [0.2, 0.25) is 0 Å². The third-order valence-corrected chi connectivity index (χ3v) is 6.79. The summed E-state index contributed by atoms with van der Waals surface area (Å²) in [6.45, 7) is 1.48. The van der Waals surface area contributed by atoms with Crippen LogP contribution in [0.3, 0.4) is 0 Å². The summed E-state index contributed by atoms with van der Waals surface area (Å²) in [4.78, 5) is 12.2. The van der Waals surface area contributed by atoms with E-state index in [9.17, 15) is 22.7 Å². The Morgan fingerprint density at radius 1 is 1.19 bits per heavy atom. The summed E-state index contributed by atoms with van der Waals surface area (Å²) in [5.41, 5.74) is 0.987. The average molecular weight is 451 g/mol. The third-order valence-electron chi connectivity index (χ3n) is 5.30. The number of carbonyl (C=O) groups excluding carboxylic acids is 1. The molecule has 1 fully saturated rings. The Hall–Kier alpha value is -2.33. The molecule has 0 bridgehead atoms. The van der Waals surface area contributed by atoms with Crippen molar-refractivity contribution < 1.29 is 27.4 Å². The molecule has 4 atom stereocenters. The number of rotatable bonds is 8. The first-order chi connectivity index (χ1) is 14.8. The van der Waals surface area contributed by atoms with Gasteiger partial charge in [0.25, 0.3) is 0 Å². The molecule has 7 nitrogen and oxygen atoms in total. The molecule has 0 spiro atoms. The molecule has 2 aromatic carbocycles. The first-order valence-electron chi connectivity index (χ1n) is 10.2. The van der Waals surface area contributed by atoms with Crippen LogP contribution < -0.4 is 10.0 Å². The van der Waals surface area contributed by atoms with Crippen LogP contribution >= 0.6 is 0 Å². The Morgan fingerprint density at radius 2 is 1.94 bits per heavy atom. The molecule has 1 amide bonds. The molecule has 1 saturated heterocycles. The zero-order chi connectivity index (χ0) is 22.4. The van der Waals surface area contributed by atoms with Gasteiger partial charge in [0, 0.05) is 0 Å². The monoisotopic (exact) mass is 450 g/mol. The number of sulfonamides is 1. The van der Waals surface area contributed by atoms with Crippen molar-refractivity contribution >= 4 is 15.9 Å². The fraction of sp³-hybridized carbons (Fsp3) is 0.409. The van der Waals surface area contributed by atoms with Crippen molar-refractivity contribution in [2.75, 3.05) is 6.61 Å². The second-order valence-electron chi connectivity index (χ2n) is 7.65. The molecule has 9 heteroatoms. The van der Waals surface area contributed by atoms with Crippen molar-refractivity contribution in [3.8, 4) is 0 Å². The molecule has 1 aliphatic heterocycles. The molecule has 0 saturated carbocycles. The normalized spacial score (nSPS) is 22.6. The highest BCUT2D eigenvalue weighted by molar-refractivity contribution is 7.89. The van der Waals surface area contributed by atoms with Crippen molar-refractivity contribution in [3.63, 3.8) is 0 Å². The second kappa shape index (κ2) is 10.3. The fourth-order valence-corrected chi connectivity index (χ4v) is 4.98. The molecule has 3 rings (SSSR count). The van der Waals surface area contributed by atoms with E-state index >= 15 is 0 Å². The lowest BCUT2D eigenvalue weighted by Crippen LogP contribution is -2.51. The van der Waals surface area contributed by atoms with Crippen LogP contribution in [-0.4, -0.2) is 44.3 Å². The van der Waals surface area contributed by atoms with E-state index in [2.05, 4.69) is 10.0 Å². The lowest BCUT2D eigenvalue weighted by atomic mass is 9.97. The first-order valence-corrected chi connectivity index (χ1v) is 11.7. The van der Waals surface area contributed by atoms with Gasteiger partial charge in [-0.25, -0.2) is 17.5 Å². The average Bonchev–Trinajstić information content (AvgIpc) is 2.75. The molecular weight excluding hydrogens is 423 g/mol. The van der Waals surface area contributed by atoms with Crippen molar-refractivity contribution in [3.05, 3.63) is 66.0 Å². The van der Waals surface area contributed by atoms with E-state index in [1.807, 2.05) is 37.3 Å².